The highest BCUT2D eigenvalue weighted by Gasteiger charge is 2.30. The van der Waals surface area contributed by atoms with Crippen molar-refractivity contribution in [2.75, 3.05) is 6.54 Å². The topological polar surface area (TPSA) is 162 Å². The van der Waals surface area contributed by atoms with Gasteiger partial charge in [0.25, 0.3) is 11.4 Å². The number of nitro benzene ring substituents is 3. The van der Waals surface area contributed by atoms with Crippen LogP contribution in [0.4, 0.5) is 17.1 Å². The number of hydrogen-bond acceptors (Lipinski definition) is 8. The van der Waals surface area contributed by atoms with Gasteiger partial charge in [-0.2, -0.15) is 0 Å². The standard InChI is InChI=1S/C16H15N.C6H3N3O7/c1-3-7-13(8-4-1)15-11-16(17-12-15)14-9-5-2-6-10-14;10-6-4(8(13)14)1-3(7(11)12)2-5(6)9(15)16/h1-11,15,17H,12H2;1-2,10H. The second-order valence-corrected chi connectivity index (χ2v) is 6.95. The molecule has 1 aliphatic heterocycles. The average molecular weight is 450 g/mol. The maximum atomic E-state index is 10.4. The molecule has 1 unspecified atom stereocenters. The molecule has 1 heterocycles. The molecule has 2 N–H and O–H groups in total. The predicted molar refractivity (Wildman–Crippen MR) is 120 cm³/mol. The third-order valence-corrected chi connectivity index (χ3v) is 4.85. The highest BCUT2D eigenvalue weighted by atomic mass is 16.6. The van der Waals surface area contributed by atoms with Gasteiger partial charge in [-0.1, -0.05) is 66.7 Å². The number of benzene rings is 3. The van der Waals surface area contributed by atoms with Crippen LogP contribution in [-0.4, -0.2) is 26.4 Å². The van der Waals surface area contributed by atoms with Crippen molar-refractivity contribution in [1.29, 1.82) is 0 Å². The van der Waals surface area contributed by atoms with Crippen LogP contribution in [0.2, 0.25) is 0 Å². The Bertz CT molecular complexity index is 1180. The summed E-state index contributed by atoms with van der Waals surface area (Å²) in [5, 5.41) is 43.7. The van der Waals surface area contributed by atoms with E-state index < -0.39 is 37.6 Å². The van der Waals surface area contributed by atoms with Crippen LogP contribution in [0.25, 0.3) is 5.70 Å². The molecular formula is C22H18N4O7. The first-order valence-electron chi connectivity index (χ1n) is 9.64. The fraction of sp³-hybridized carbons (Fsp3) is 0.0909. The average Bonchev–Trinajstić information content (AvgIpc) is 3.31. The van der Waals surface area contributed by atoms with Gasteiger partial charge in [0.2, 0.25) is 0 Å². The highest BCUT2D eigenvalue weighted by Crippen LogP contribution is 2.39. The van der Waals surface area contributed by atoms with Crippen molar-refractivity contribution in [3.63, 3.8) is 0 Å². The molecule has 33 heavy (non-hydrogen) atoms. The number of non-ortho nitro benzene ring substituents is 1. The van der Waals surface area contributed by atoms with E-state index in [4.69, 9.17) is 5.11 Å². The molecule has 0 saturated heterocycles. The number of phenols is 1. The molecule has 0 fully saturated rings. The molecule has 0 saturated carbocycles. The van der Waals surface area contributed by atoms with Crippen molar-refractivity contribution in [1.82, 2.24) is 5.32 Å². The molecule has 0 aliphatic carbocycles. The normalized spacial score (nSPS) is 14.3. The molecule has 0 spiro atoms. The minimum atomic E-state index is -1.21. The van der Waals surface area contributed by atoms with E-state index in [2.05, 4.69) is 66.0 Å². The largest absolute Gasteiger partial charge is 0.497 e. The van der Waals surface area contributed by atoms with Gasteiger partial charge in [0.05, 0.1) is 26.9 Å². The molecule has 168 valence electrons. The first kappa shape index (κ1) is 22.9. The summed E-state index contributed by atoms with van der Waals surface area (Å²) in [6.07, 6.45) is 2.32. The molecule has 0 aromatic heterocycles. The Kier molecular flexibility index (Phi) is 6.94. The molecule has 3 aromatic carbocycles. The number of nitrogens with one attached hydrogen (secondary N) is 1. The smallest absolute Gasteiger partial charge is 0.324 e. The molecule has 0 radical (unpaired) electrons. The highest BCUT2D eigenvalue weighted by molar-refractivity contribution is 5.67. The van der Waals surface area contributed by atoms with Crippen LogP contribution in [0.1, 0.15) is 17.0 Å². The quantitative estimate of drug-likeness (QED) is 0.423. The molecule has 11 nitrogen and oxygen atoms in total. The molecule has 0 bridgehead atoms. The van der Waals surface area contributed by atoms with E-state index in [1.807, 2.05) is 6.07 Å². The van der Waals surface area contributed by atoms with Crippen molar-refractivity contribution in [2.24, 2.45) is 0 Å². The molecule has 1 atom stereocenters. The predicted octanol–water partition coefficient (Wildman–Crippen LogP) is 4.53. The van der Waals surface area contributed by atoms with Crippen LogP contribution in [0.3, 0.4) is 0 Å². The van der Waals surface area contributed by atoms with Gasteiger partial charge >= 0.3 is 11.4 Å². The van der Waals surface area contributed by atoms with Crippen LogP contribution in [0.5, 0.6) is 5.75 Å². The summed E-state index contributed by atoms with van der Waals surface area (Å²) in [7, 11) is 0. The zero-order valence-electron chi connectivity index (χ0n) is 17.0. The van der Waals surface area contributed by atoms with Gasteiger partial charge in [-0.25, -0.2) is 0 Å². The second-order valence-electron chi connectivity index (χ2n) is 6.95. The Morgan fingerprint density at radius 2 is 1.30 bits per heavy atom. The zero-order valence-corrected chi connectivity index (χ0v) is 17.0. The van der Waals surface area contributed by atoms with E-state index in [1.54, 1.807) is 0 Å². The first-order valence-corrected chi connectivity index (χ1v) is 9.64. The van der Waals surface area contributed by atoms with Crippen LogP contribution >= 0.6 is 0 Å². The number of nitrogens with zero attached hydrogens (tertiary/aromatic N) is 3. The molecule has 0 amide bonds. The fourth-order valence-corrected chi connectivity index (χ4v) is 3.24. The Morgan fingerprint density at radius 3 is 1.79 bits per heavy atom. The van der Waals surface area contributed by atoms with Crippen LogP contribution < -0.4 is 5.32 Å². The monoisotopic (exact) mass is 450 g/mol. The number of phenolic OH excluding ortho intramolecular Hbond substituents is 1. The first-order chi connectivity index (χ1) is 15.8. The van der Waals surface area contributed by atoms with E-state index in [9.17, 15) is 30.3 Å². The van der Waals surface area contributed by atoms with Crippen LogP contribution in [0, 0.1) is 30.3 Å². The molecule has 1 aliphatic rings. The van der Waals surface area contributed by atoms with Crippen LogP contribution in [-0.2, 0) is 0 Å². The van der Waals surface area contributed by atoms with E-state index in [0.29, 0.717) is 18.1 Å². The number of hydrogen-bond donors (Lipinski definition) is 2. The third kappa shape index (κ3) is 5.47. The Balaban J connectivity index is 0.000000186. The lowest BCUT2D eigenvalue weighted by molar-refractivity contribution is -0.404. The molecule has 3 aromatic rings. The van der Waals surface area contributed by atoms with E-state index >= 15 is 0 Å². The van der Waals surface area contributed by atoms with Gasteiger partial charge in [-0.3, -0.25) is 30.3 Å². The maximum absolute atomic E-state index is 10.4. The summed E-state index contributed by atoms with van der Waals surface area (Å²) in [6.45, 7) is 0.994. The van der Waals surface area contributed by atoms with Gasteiger partial charge < -0.3 is 10.4 Å². The molecule has 11 heteroatoms. The minimum absolute atomic E-state index is 0.447. The summed E-state index contributed by atoms with van der Waals surface area (Å²) in [5.74, 6) is -0.716. The Labute approximate surface area is 187 Å². The minimum Gasteiger partial charge on any atom is -0.497 e. The third-order valence-electron chi connectivity index (χ3n) is 4.85. The van der Waals surface area contributed by atoms with Gasteiger partial charge in [-0.15, -0.1) is 0 Å². The van der Waals surface area contributed by atoms with Crippen molar-refractivity contribution in [3.05, 3.63) is 120 Å². The number of nitro groups is 3. The fourth-order valence-electron chi connectivity index (χ4n) is 3.24. The summed E-state index contributed by atoms with van der Waals surface area (Å²) in [6, 6.07) is 22.0. The molecule has 4 rings (SSSR count). The van der Waals surface area contributed by atoms with Crippen molar-refractivity contribution in [3.8, 4) is 5.75 Å². The second kappa shape index (κ2) is 10.0. The summed E-state index contributed by atoms with van der Waals surface area (Å²) < 4.78 is 0. The van der Waals surface area contributed by atoms with E-state index in [-0.39, 0.29) is 0 Å². The summed E-state index contributed by atoms with van der Waals surface area (Å²) >= 11 is 0. The summed E-state index contributed by atoms with van der Waals surface area (Å²) in [5.41, 5.74) is 0.898. The van der Waals surface area contributed by atoms with Crippen molar-refractivity contribution < 1.29 is 19.9 Å². The summed E-state index contributed by atoms with van der Waals surface area (Å²) in [4.78, 5) is 27.8. The Hall–Kier alpha value is -4.80. The van der Waals surface area contributed by atoms with E-state index in [1.165, 1.54) is 16.8 Å². The van der Waals surface area contributed by atoms with Crippen molar-refractivity contribution in [2.45, 2.75) is 5.92 Å². The van der Waals surface area contributed by atoms with E-state index in [0.717, 1.165) is 6.54 Å². The van der Waals surface area contributed by atoms with Gasteiger partial charge in [0, 0.05) is 18.2 Å². The van der Waals surface area contributed by atoms with Gasteiger partial charge in [-0.05, 0) is 11.1 Å². The van der Waals surface area contributed by atoms with Gasteiger partial charge in [0.15, 0.2) is 0 Å². The zero-order chi connectivity index (χ0) is 24.0. The SMILES string of the molecule is C1=C(c2ccccc2)NCC1c1ccccc1.O=[N+]([O-])c1cc([N+](=O)[O-])c(O)c([N+](=O)[O-])c1. The Morgan fingerprint density at radius 1 is 0.788 bits per heavy atom. The van der Waals surface area contributed by atoms with Crippen molar-refractivity contribution >= 4 is 22.8 Å². The maximum Gasteiger partial charge on any atom is 0.324 e. The lowest BCUT2D eigenvalue weighted by atomic mass is 10.00. The van der Waals surface area contributed by atoms with Gasteiger partial charge in [0.1, 0.15) is 0 Å². The molecular weight excluding hydrogens is 432 g/mol. The lowest BCUT2D eigenvalue weighted by Gasteiger charge is -2.06. The number of rotatable bonds is 5. The lowest BCUT2D eigenvalue weighted by Crippen LogP contribution is -2.10. The van der Waals surface area contributed by atoms with Crippen LogP contribution in [0.15, 0.2) is 78.9 Å². The number of aromatic hydroxyl groups is 1.